The number of hydrogen-bond donors (Lipinski definition) is 2. The van der Waals surface area contributed by atoms with Crippen molar-refractivity contribution in [2.45, 2.75) is 11.7 Å². The van der Waals surface area contributed by atoms with Gasteiger partial charge in [0.05, 0.1) is 18.8 Å². The van der Waals surface area contributed by atoms with Crippen LogP contribution in [0, 0.1) is 12.3 Å². The predicted octanol–water partition coefficient (Wildman–Crippen LogP) is -1.53. The van der Waals surface area contributed by atoms with Crippen LogP contribution in [-0.2, 0) is 11.3 Å². The van der Waals surface area contributed by atoms with E-state index in [0.29, 0.717) is 18.2 Å². The van der Waals surface area contributed by atoms with Gasteiger partial charge in [-0.25, -0.2) is 4.68 Å². The van der Waals surface area contributed by atoms with Gasteiger partial charge in [0.15, 0.2) is 0 Å². The second-order valence-corrected chi connectivity index (χ2v) is 3.69. The van der Waals surface area contributed by atoms with E-state index >= 15 is 0 Å². The third kappa shape index (κ3) is 3.88. The Morgan fingerprint density at radius 2 is 2.50 bits per heavy atom. The molecule has 8 heteroatoms. The first-order valence-corrected chi connectivity index (χ1v) is 5.55. The van der Waals surface area contributed by atoms with Crippen molar-refractivity contribution in [3.05, 3.63) is 0 Å². The normalized spacial score (nSPS) is 9.75. The summed E-state index contributed by atoms with van der Waals surface area (Å²) >= 11 is 1.24. The number of thioether (sulfide) groups is 1. The lowest BCUT2D eigenvalue weighted by Gasteiger charge is -2.02. The molecule has 0 saturated carbocycles. The Hall–Kier alpha value is -1.59. The number of hydrogen-bond acceptors (Lipinski definition) is 6. The standard InChI is InChI=1S/C8H12N6OS/c1-2-4-10-7(15)6-16-8-11-12-13-14(8)5-3-9/h1H,3-6,9H2,(H,10,15). The van der Waals surface area contributed by atoms with E-state index in [2.05, 4.69) is 26.8 Å². The Balaban J connectivity index is 2.39. The molecule has 7 nitrogen and oxygen atoms in total. The van der Waals surface area contributed by atoms with Crippen molar-refractivity contribution in [2.24, 2.45) is 5.73 Å². The molecule has 1 heterocycles. The molecule has 0 spiro atoms. The predicted molar refractivity (Wildman–Crippen MR) is 59.4 cm³/mol. The molecule has 0 saturated heterocycles. The van der Waals surface area contributed by atoms with Gasteiger partial charge in [-0.2, -0.15) is 0 Å². The number of nitrogens with zero attached hydrogens (tertiary/aromatic N) is 4. The first kappa shape index (κ1) is 12.5. The van der Waals surface area contributed by atoms with Gasteiger partial charge in [-0.1, -0.05) is 17.7 Å². The molecule has 86 valence electrons. The fourth-order valence-electron chi connectivity index (χ4n) is 0.893. The van der Waals surface area contributed by atoms with Crippen molar-refractivity contribution < 1.29 is 4.79 Å². The molecular weight excluding hydrogens is 228 g/mol. The summed E-state index contributed by atoms with van der Waals surface area (Å²) in [7, 11) is 0. The molecule has 0 aliphatic carbocycles. The van der Waals surface area contributed by atoms with Gasteiger partial charge in [0.1, 0.15) is 0 Å². The van der Waals surface area contributed by atoms with E-state index in [1.165, 1.54) is 11.8 Å². The van der Waals surface area contributed by atoms with Crippen LogP contribution in [-0.4, -0.2) is 45.0 Å². The lowest BCUT2D eigenvalue weighted by atomic mass is 10.6. The number of tetrazole rings is 1. The van der Waals surface area contributed by atoms with Gasteiger partial charge >= 0.3 is 0 Å². The van der Waals surface area contributed by atoms with E-state index in [1.807, 2.05) is 0 Å². The molecule has 0 radical (unpaired) electrons. The van der Waals surface area contributed by atoms with Crippen LogP contribution in [0.25, 0.3) is 0 Å². The molecule has 1 rings (SSSR count). The SMILES string of the molecule is C#CCNC(=O)CSc1nnnn1CCN. The van der Waals surface area contributed by atoms with Crippen LogP contribution in [0.4, 0.5) is 0 Å². The van der Waals surface area contributed by atoms with Crippen LogP contribution in [0.2, 0.25) is 0 Å². The van der Waals surface area contributed by atoms with E-state index in [4.69, 9.17) is 12.2 Å². The van der Waals surface area contributed by atoms with E-state index in [9.17, 15) is 4.79 Å². The van der Waals surface area contributed by atoms with Crippen LogP contribution in [0.5, 0.6) is 0 Å². The summed E-state index contributed by atoms with van der Waals surface area (Å²) in [6.45, 7) is 1.20. The zero-order chi connectivity index (χ0) is 11.8. The second kappa shape index (κ2) is 6.81. The molecule has 0 unspecified atom stereocenters. The number of terminal acetylenes is 1. The van der Waals surface area contributed by atoms with Crippen molar-refractivity contribution in [2.75, 3.05) is 18.8 Å². The van der Waals surface area contributed by atoms with Gasteiger partial charge in [0, 0.05) is 6.54 Å². The van der Waals surface area contributed by atoms with Crippen LogP contribution >= 0.6 is 11.8 Å². The first-order valence-electron chi connectivity index (χ1n) is 4.57. The Morgan fingerprint density at radius 3 is 3.19 bits per heavy atom. The highest BCUT2D eigenvalue weighted by molar-refractivity contribution is 7.99. The van der Waals surface area contributed by atoms with Crippen molar-refractivity contribution in [1.29, 1.82) is 0 Å². The Kier molecular flexibility index (Phi) is 5.31. The maximum absolute atomic E-state index is 11.2. The maximum atomic E-state index is 11.2. The van der Waals surface area contributed by atoms with E-state index in [1.54, 1.807) is 4.68 Å². The highest BCUT2D eigenvalue weighted by atomic mass is 32.2. The van der Waals surface area contributed by atoms with Gasteiger partial charge in [0.25, 0.3) is 0 Å². The Morgan fingerprint density at radius 1 is 1.69 bits per heavy atom. The number of carbonyl (C=O) groups excluding carboxylic acids is 1. The van der Waals surface area contributed by atoms with Gasteiger partial charge < -0.3 is 11.1 Å². The van der Waals surface area contributed by atoms with Crippen LogP contribution in [0.3, 0.4) is 0 Å². The summed E-state index contributed by atoms with van der Waals surface area (Å²) in [5, 5.41) is 14.1. The molecule has 1 aromatic rings. The minimum absolute atomic E-state index is 0.148. The Labute approximate surface area is 97.1 Å². The van der Waals surface area contributed by atoms with Gasteiger partial charge in [-0.3, -0.25) is 4.79 Å². The van der Waals surface area contributed by atoms with E-state index in [-0.39, 0.29) is 18.2 Å². The maximum Gasteiger partial charge on any atom is 0.231 e. The molecule has 16 heavy (non-hydrogen) atoms. The molecular formula is C8H12N6OS. The topological polar surface area (TPSA) is 98.7 Å². The lowest BCUT2D eigenvalue weighted by molar-refractivity contribution is -0.118. The zero-order valence-electron chi connectivity index (χ0n) is 8.59. The fraction of sp³-hybridized carbons (Fsp3) is 0.500. The molecule has 1 aromatic heterocycles. The van der Waals surface area contributed by atoms with Crippen LogP contribution < -0.4 is 11.1 Å². The molecule has 0 aromatic carbocycles. The number of rotatable bonds is 6. The largest absolute Gasteiger partial charge is 0.344 e. The monoisotopic (exact) mass is 240 g/mol. The van der Waals surface area contributed by atoms with Crippen molar-refractivity contribution in [1.82, 2.24) is 25.5 Å². The van der Waals surface area contributed by atoms with E-state index in [0.717, 1.165) is 0 Å². The Bertz CT molecular complexity index is 384. The molecule has 1 amide bonds. The summed E-state index contributed by atoms with van der Waals surface area (Å²) in [5.74, 6) is 2.40. The van der Waals surface area contributed by atoms with Crippen molar-refractivity contribution in [3.63, 3.8) is 0 Å². The van der Waals surface area contributed by atoms with Crippen LogP contribution in [0.15, 0.2) is 5.16 Å². The summed E-state index contributed by atoms with van der Waals surface area (Å²) in [4.78, 5) is 11.2. The molecule has 0 aliphatic heterocycles. The van der Waals surface area contributed by atoms with Crippen molar-refractivity contribution in [3.8, 4) is 12.3 Å². The highest BCUT2D eigenvalue weighted by Gasteiger charge is 2.08. The number of nitrogens with two attached hydrogens (primary N) is 1. The smallest absolute Gasteiger partial charge is 0.231 e. The average Bonchev–Trinajstić information content (AvgIpc) is 2.72. The third-order valence-corrected chi connectivity index (χ3v) is 2.52. The summed E-state index contributed by atoms with van der Waals surface area (Å²) in [5.41, 5.74) is 5.38. The first-order chi connectivity index (χ1) is 7.77. The number of aromatic nitrogens is 4. The van der Waals surface area contributed by atoms with E-state index < -0.39 is 0 Å². The molecule has 3 N–H and O–H groups in total. The minimum atomic E-state index is -0.148. The zero-order valence-corrected chi connectivity index (χ0v) is 9.40. The second-order valence-electron chi connectivity index (χ2n) is 2.74. The van der Waals surface area contributed by atoms with Gasteiger partial charge in [0.2, 0.25) is 11.1 Å². The molecule has 0 fully saturated rings. The lowest BCUT2D eigenvalue weighted by Crippen LogP contribution is -2.25. The number of amides is 1. The third-order valence-electron chi connectivity index (χ3n) is 1.56. The number of nitrogens with one attached hydrogen (secondary N) is 1. The highest BCUT2D eigenvalue weighted by Crippen LogP contribution is 2.12. The van der Waals surface area contributed by atoms with Crippen LogP contribution in [0.1, 0.15) is 0 Å². The summed E-state index contributed by atoms with van der Waals surface area (Å²) in [6, 6.07) is 0. The molecule has 0 atom stereocenters. The fourth-order valence-corrected chi connectivity index (χ4v) is 1.63. The number of carbonyl (C=O) groups is 1. The summed E-state index contributed by atoms with van der Waals surface area (Å²) < 4.78 is 1.55. The minimum Gasteiger partial charge on any atom is -0.344 e. The summed E-state index contributed by atoms with van der Waals surface area (Å²) in [6.07, 6.45) is 5.01. The van der Waals surface area contributed by atoms with Gasteiger partial charge in [-0.05, 0) is 10.4 Å². The molecule has 0 bridgehead atoms. The van der Waals surface area contributed by atoms with Gasteiger partial charge in [-0.15, -0.1) is 11.5 Å². The average molecular weight is 240 g/mol. The van der Waals surface area contributed by atoms with Crippen molar-refractivity contribution >= 4 is 17.7 Å². The quantitative estimate of drug-likeness (QED) is 0.462. The molecule has 0 aliphatic rings.